The number of ether oxygens (including phenoxy) is 1. The minimum Gasteiger partial charge on any atom is -0.489 e. The maximum Gasteiger partial charge on any atom is 0.184 e. The van der Waals surface area contributed by atoms with Gasteiger partial charge in [0, 0.05) is 5.56 Å². The Labute approximate surface area is 109 Å². The molecule has 0 amide bonds. The Kier molecular flexibility index (Phi) is 5.11. The van der Waals surface area contributed by atoms with Crippen LogP contribution in [-0.2, 0) is 0 Å². The van der Waals surface area contributed by atoms with E-state index >= 15 is 0 Å². The van der Waals surface area contributed by atoms with Crippen molar-refractivity contribution in [3.63, 3.8) is 0 Å². The maximum absolute atomic E-state index is 13.9. The van der Waals surface area contributed by atoms with Crippen molar-refractivity contribution in [3.05, 3.63) is 28.5 Å². The number of hydrogen-bond acceptors (Lipinski definition) is 3. The molecule has 0 aromatic heterocycles. The summed E-state index contributed by atoms with van der Waals surface area (Å²) in [4.78, 5) is 0. The second-order valence-corrected chi connectivity index (χ2v) is 3.79. The minimum atomic E-state index is -0.576. The lowest BCUT2D eigenvalue weighted by Crippen LogP contribution is -2.24. The molecule has 0 saturated carbocycles. The van der Waals surface area contributed by atoms with E-state index < -0.39 is 5.82 Å². The third-order valence-corrected chi connectivity index (χ3v) is 2.13. The fourth-order valence-corrected chi connectivity index (χ4v) is 1.34. The van der Waals surface area contributed by atoms with E-state index in [1.165, 1.54) is 18.3 Å². The molecule has 0 unspecified atom stereocenters. The second-order valence-electron chi connectivity index (χ2n) is 2.95. The number of halogens is 2. The van der Waals surface area contributed by atoms with Crippen molar-refractivity contribution in [1.82, 2.24) is 5.43 Å². The largest absolute Gasteiger partial charge is 0.489 e. The highest BCUT2D eigenvalue weighted by Gasteiger charge is 2.12. The number of nitrogens with two attached hydrogens (primary N) is 1. The molecule has 0 aliphatic heterocycles. The summed E-state index contributed by atoms with van der Waals surface area (Å²) < 4.78 is 18.9. The van der Waals surface area contributed by atoms with Crippen LogP contribution in [0.25, 0.3) is 0 Å². The Hall–Kier alpha value is -1.40. The fraction of sp³-hybridized carbons (Fsp3) is 0.200. The summed E-state index contributed by atoms with van der Waals surface area (Å²) in [5.74, 6) is -0.568. The van der Waals surface area contributed by atoms with Gasteiger partial charge in [0.25, 0.3) is 0 Å². The van der Waals surface area contributed by atoms with E-state index in [2.05, 4.69) is 22.7 Å². The number of rotatable bonds is 4. The molecule has 0 atom stereocenters. The van der Waals surface area contributed by atoms with Crippen LogP contribution in [0.15, 0.2) is 17.2 Å². The molecular formula is C10H11ClFN3OS. The Balaban J connectivity index is 2.97. The van der Waals surface area contributed by atoms with Gasteiger partial charge < -0.3 is 10.5 Å². The van der Waals surface area contributed by atoms with E-state index in [-0.39, 0.29) is 21.4 Å². The first-order valence-electron chi connectivity index (χ1n) is 4.75. The van der Waals surface area contributed by atoms with E-state index in [9.17, 15) is 4.39 Å². The van der Waals surface area contributed by atoms with Crippen LogP contribution in [0, 0.1) is 5.82 Å². The molecule has 0 aliphatic rings. The van der Waals surface area contributed by atoms with E-state index in [1.807, 2.05) is 0 Å². The molecule has 4 nitrogen and oxygen atoms in total. The summed E-state index contributed by atoms with van der Waals surface area (Å²) in [5, 5.41) is 3.87. The Morgan fingerprint density at radius 2 is 2.41 bits per heavy atom. The van der Waals surface area contributed by atoms with Crippen LogP contribution < -0.4 is 15.9 Å². The van der Waals surface area contributed by atoms with Crippen molar-refractivity contribution in [1.29, 1.82) is 0 Å². The number of nitrogens with one attached hydrogen (secondary N) is 1. The predicted molar refractivity (Wildman–Crippen MR) is 70.1 cm³/mol. The fourth-order valence-electron chi connectivity index (χ4n) is 1.09. The highest BCUT2D eigenvalue weighted by molar-refractivity contribution is 7.80. The first-order chi connectivity index (χ1) is 8.06. The molecule has 0 saturated heterocycles. The first kappa shape index (κ1) is 13.7. The Bertz CT molecular complexity index is 453. The summed E-state index contributed by atoms with van der Waals surface area (Å²) in [6.07, 6.45) is 1.24. The van der Waals surface area contributed by atoms with Crippen molar-refractivity contribution in [2.45, 2.75) is 6.92 Å². The molecule has 7 heteroatoms. The molecule has 0 spiro atoms. The van der Waals surface area contributed by atoms with E-state index in [4.69, 9.17) is 22.1 Å². The number of nitrogens with zero attached hydrogens (tertiary/aromatic N) is 1. The summed E-state index contributed by atoms with van der Waals surface area (Å²) in [5.41, 5.74) is 7.71. The molecule has 0 fully saturated rings. The van der Waals surface area contributed by atoms with Crippen molar-refractivity contribution in [2.24, 2.45) is 10.8 Å². The van der Waals surface area contributed by atoms with Gasteiger partial charge in [-0.25, -0.2) is 4.39 Å². The molecule has 0 aliphatic carbocycles. The summed E-state index contributed by atoms with van der Waals surface area (Å²) >= 11 is 10.3. The van der Waals surface area contributed by atoms with Gasteiger partial charge in [-0.2, -0.15) is 5.10 Å². The van der Waals surface area contributed by atoms with Crippen molar-refractivity contribution < 1.29 is 9.13 Å². The Morgan fingerprint density at radius 1 is 1.71 bits per heavy atom. The van der Waals surface area contributed by atoms with Crippen LogP contribution in [-0.4, -0.2) is 17.9 Å². The lowest BCUT2D eigenvalue weighted by molar-refractivity contribution is 0.321. The van der Waals surface area contributed by atoms with Gasteiger partial charge in [0.1, 0.15) is 0 Å². The first-order valence-corrected chi connectivity index (χ1v) is 5.54. The van der Waals surface area contributed by atoms with E-state index in [0.29, 0.717) is 6.61 Å². The summed E-state index contributed by atoms with van der Waals surface area (Å²) in [6.45, 7) is 2.06. The topological polar surface area (TPSA) is 59.6 Å². The van der Waals surface area contributed by atoms with Gasteiger partial charge in [0.15, 0.2) is 16.7 Å². The average Bonchev–Trinajstić information content (AvgIpc) is 2.27. The quantitative estimate of drug-likeness (QED) is 0.502. The van der Waals surface area contributed by atoms with Crippen LogP contribution in [0.4, 0.5) is 4.39 Å². The van der Waals surface area contributed by atoms with Crippen LogP contribution >= 0.6 is 23.8 Å². The SMILES string of the molecule is CCOc1c(Cl)ccc(C=NNC(N)=S)c1F. The van der Waals surface area contributed by atoms with Crippen molar-refractivity contribution in [2.75, 3.05) is 6.61 Å². The van der Waals surface area contributed by atoms with E-state index in [0.717, 1.165) is 0 Å². The number of hydrazone groups is 1. The number of hydrogen-bond donors (Lipinski definition) is 2. The highest BCUT2D eigenvalue weighted by Crippen LogP contribution is 2.29. The lowest BCUT2D eigenvalue weighted by Gasteiger charge is -2.08. The van der Waals surface area contributed by atoms with Crippen LogP contribution in [0.1, 0.15) is 12.5 Å². The number of thiocarbonyl (C=S) groups is 1. The second kappa shape index (κ2) is 6.36. The third kappa shape index (κ3) is 3.83. The number of benzene rings is 1. The summed E-state index contributed by atoms with van der Waals surface area (Å²) in [7, 11) is 0. The monoisotopic (exact) mass is 275 g/mol. The van der Waals surface area contributed by atoms with Crippen molar-refractivity contribution in [3.8, 4) is 5.75 Å². The molecule has 0 bridgehead atoms. The average molecular weight is 276 g/mol. The Morgan fingerprint density at radius 3 is 3.00 bits per heavy atom. The molecule has 1 rings (SSSR count). The van der Waals surface area contributed by atoms with E-state index in [1.54, 1.807) is 6.92 Å². The lowest BCUT2D eigenvalue weighted by atomic mass is 10.2. The van der Waals surface area contributed by atoms with Gasteiger partial charge in [0.05, 0.1) is 17.8 Å². The summed E-state index contributed by atoms with van der Waals surface area (Å²) in [6, 6.07) is 3.00. The van der Waals surface area contributed by atoms with Crippen molar-refractivity contribution >= 4 is 35.1 Å². The smallest absolute Gasteiger partial charge is 0.184 e. The zero-order valence-corrected chi connectivity index (χ0v) is 10.6. The van der Waals surface area contributed by atoms with Crippen LogP contribution in [0.5, 0.6) is 5.75 Å². The molecule has 1 aromatic rings. The molecule has 1 aromatic carbocycles. The van der Waals surface area contributed by atoms with Gasteiger partial charge in [-0.1, -0.05) is 11.6 Å². The molecular weight excluding hydrogens is 265 g/mol. The highest BCUT2D eigenvalue weighted by atomic mass is 35.5. The van der Waals surface area contributed by atoms with Gasteiger partial charge in [0.2, 0.25) is 0 Å². The molecule has 3 N–H and O–H groups in total. The van der Waals surface area contributed by atoms with Gasteiger partial charge in [-0.3, -0.25) is 5.43 Å². The molecule has 17 heavy (non-hydrogen) atoms. The van der Waals surface area contributed by atoms with Crippen LogP contribution in [0.3, 0.4) is 0 Å². The van der Waals surface area contributed by atoms with Gasteiger partial charge in [-0.05, 0) is 31.3 Å². The minimum absolute atomic E-state index is 0.000605. The zero-order chi connectivity index (χ0) is 12.8. The maximum atomic E-state index is 13.9. The van der Waals surface area contributed by atoms with Gasteiger partial charge in [-0.15, -0.1) is 0 Å². The van der Waals surface area contributed by atoms with Gasteiger partial charge >= 0.3 is 0 Å². The molecule has 92 valence electrons. The normalized spacial score (nSPS) is 10.5. The zero-order valence-electron chi connectivity index (χ0n) is 9.04. The molecule has 0 heterocycles. The predicted octanol–water partition coefficient (Wildman–Crippen LogP) is 2.04. The third-order valence-electron chi connectivity index (χ3n) is 1.75. The molecule has 0 radical (unpaired) electrons. The standard InChI is InChI=1S/C10H11ClFN3OS/c1-2-16-9-7(11)4-3-6(8(9)12)5-14-15-10(13)17/h3-5H,2H2,1H3,(H3,13,15,17). The van der Waals surface area contributed by atoms with Crippen LogP contribution in [0.2, 0.25) is 5.02 Å².